The van der Waals surface area contributed by atoms with Crippen LogP contribution >= 0.6 is 11.8 Å². The van der Waals surface area contributed by atoms with Crippen LogP contribution in [0.15, 0.2) is 52.5 Å². The Labute approximate surface area is 188 Å². The maximum atomic E-state index is 12.9. The topological polar surface area (TPSA) is 66.5 Å². The molecule has 164 valence electrons. The van der Waals surface area contributed by atoms with E-state index in [-0.39, 0.29) is 18.1 Å². The first kappa shape index (κ1) is 20.9. The van der Waals surface area contributed by atoms with Gasteiger partial charge in [-0.05, 0) is 69.1 Å². The van der Waals surface area contributed by atoms with Crippen LogP contribution in [0.2, 0.25) is 0 Å². The summed E-state index contributed by atoms with van der Waals surface area (Å²) in [5.41, 5.74) is 1.83. The summed E-state index contributed by atoms with van der Waals surface area (Å²) in [7, 11) is 0. The van der Waals surface area contributed by atoms with Crippen molar-refractivity contribution in [3.8, 4) is 0 Å². The van der Waals surface area contributed by atoms with Crippen molar-refractivity contribution >= 4 is 17.7 Å². The Morgan fingerprint density at radius 1 is 1.23 bits per heavy atom. The highest BCUT2D eigenvalue weighted by atomic mass is 32.2. The lowest BCUT2D eigenvalue weighted by Crippen LogP contribution is -2.62. The van der Waals surface area contributed by atoms with Crippen LogP contribution in [0.3, 0.4) is 0 Å². The number of benzene rings is 1. The van der Waals surface area contributed by atoms with Gasteiger partial charge >= 0.3 is 0 Å². The summed E-state index contributed by atoms with van der Waals surface area (Å²) in [6.45, 7) is 6.98. The van der Waals surface area contributed by atoms with Crippen LogP contribution in [0, 0.1) is 5.92 Å². The van der Waals surface area contributed by atoms with E-state index in [2.05, 4.69) is 33.5 Å². The van der Waals surface area contributed by atoms with E-state index >= 15 is 0 Å². The third kappa shape index (κ3) is 4.51. The summed E-state index contributed by atoms with van der Waals surface area (Å²) in [6, 6.07) is 12.6. The lowest BCUT2D eigenvalue weighted by molar-refractivity contribution is 0.0217. The Hall–Kier alpha value is -1.93. The van der Waals surface area contributed by atoms with Gasteiger partial charge in [-0.2, -0.15) is 0 Å². The molecule has 0 spiro atoms. The third-order valence-electron chi connectivity index (χ3n) is 6.88. The van der Waals surface area contributed by atoms with Crippen LogP contribution in [-0.4, -0.2) is 60.7 Å². The number of morpholine rings is 1. The predicted molar refractivity (Wildman–Crippen MR) is 121 cm³/mol. The van der Waals surface area contributed by atoms with Gasteiger partial charge in [0.05, 0.1) is 12.7 Å². The van der Waals surface area contributed by atoms with Gasteiger partial charge in [-0.3, -0.25) is 9.69 Å². The number of fused-ring (bicyclic) bond motifs is 3. The number of carbonyl (C=O) groups is 1. The zero-order valence-electron chi connectivity index (χ0n) is 17.9. The Morgan fingerprint density at radius 3 is 2.74 bits per heavy atom. The van der Waals surface area contributed by atoms with Crippen LogP contribution in [0.4, 0.5) is 0 Å². The van der Waals surface area contributed by atoms with Crippen LogP contribution in [0.5, 0.6) is 0 Å². The highest BCUT2D eigenvalue weighted by Gasteiger charge is 2.40. The van der Waals surface area contributed by atoms with Crippen LogP contribution < -0.4 is 10.6 Å². The number of aromatic nitrogens is 1. The number of nitrogens with zero attached hydrogens (tertiary/aromatic N) is 2. The van der Waals surface area contributed by atoms with Gasteiger partial charge in [0.2, 0.25) is 0 Å². The number of rotatable bonds is 5. The first-order chi connectivity index (χ1) is 15.2. The molecular weight excluding hydrogens is 408 g/mol. The van der Waals surface area contributed by atoms with Gasteiger partial charge in [0.1, 0.15) is 5.03 Å². The number of piperidine rings is 3. The molecule has 3 atom stereocenters. The van der Waals surface area contributed by atoms with Crippen LogP contribution in [0.25, 0.3) is 0 Å². The Kier molecular flexibility index (Phi) is 6.27. The number of hydrogen-bond donors (Lipinski definition) is 2. The van der Waals surface area contributed by atoms with Crippen LogP contribution in [-0.2, 0) is 4.74 Å². The number of carbonyl (C=O) groups excluding carboxylic acids is 1. The number of amides is 1. The Bertz CT molecular complexity index is 906. The zero-order chi connectivity index (χ0) is 21.2. The standard InChI is InChI=1S/C24H30N4O2S/c1-16-22(17-8-12-28(16)13-9-17)27-23(29)18-4-6-19(7-5-18)31-24-20(3-2-10-26-24)21-15-25-11-14-30-21/h2-7,10,16-17,21-22,25H,8-9,11-15H2,1H3,(H,27,29)/t16-,21?,22-/m0/s1. The van der Waals surface area contributed by atoms with Crippen molar-refractivity contribution < 1.29 is 9.53 Å². The molecule has 31 heavy (non-hydrogen) atoms. The molecular formula is C24H30N4O2S. The van der Waals surface area contributed by atoms with Crippen molar-refractivity contribution in [3.05, 3.63) is 53.7 Å². The van der Waals surface area contributed by atoms with Crippen molar-refractivity contribution in [2.24, 2.45) is 5.92 Å². The summed E-state index contributed by atoms with van der Waals surface area (Å²) in [5.74, 6) is 0.639. The summed E-state index contributed by atoms with van der Waals surface area (Å²) in [4.78, 5) is 21.0. The quantitative estimate of drug-likeness (QED) is 0.748. The number of pyridine rings is 1. The molecule has 1 unspecified atom stereocenters. The average Bonchev–Trinajstić information content (AvgIpc) is 2.83. The minimum Gasteiger partial charge on any atom is -0.371 e. The van der Waals surface area contributed by atoms with Gasteiger partial charge in [0, 0.05) is 47.4 Å². The molecule has 6 rings (SSSR count). The summed E-state index contributed by atoms with van der Waals surface area (Å²) in [5, 5.41) is 7.65. The maximum absolute atomic E-state index is 12.9. The lowest BCUT2D eigenvalue weighted by Gasteiger charge is -2.49. The van der Waals surface area contributed by atoms with E-state index in [1.165, 1.54) is 25.9 Å². The van der Waals surface area contributed by atoms with Crippen molar-refractivity contribution in [1.82, 2.24) is 20.5 Å². The van der Waals surface area contributed by atoms with Gasteiger partial charge in [0.25, 0.3) is 5.91 Å². The lowest BCUT2D eigenvalue weighted by atomic mass is 9.79. The fourth-order valence-electron chi connectivity index (χ4n) is 5.06. The predicted octanol–water partition coefficient (Wildman–Crippen LogP) is 3.11. The molecule has 0 saturated carbocycles. The smallest absolute Gasteiger partial charge is 0.251 e. The van der Waals surface area contributed by atoms with E-state index < -0.39 is 0 Å². The number of ether oxygens (including phenoxy) is 1. The van der Waals surface area contributed by atoms with Gasteiger partial charge in [-0.15, -0.1) is 0 Å². The fraction of sp³-hybridized carbons (Fsp3) is 0.500. The third-order valence-corrected chi connectivity index (χ3v) is 7.92. The second kappa shape index (κ2) is 9.28. The van der Waals surface area contributed by atoms with Crippen molar-refractivity contribution in [2.45, 2.75) is 47.9 Å². The van der Waals surface area contributed by atoms with Crippen LogP contribution in [0.1, 0.15) is 41.8 Å². The molecule has 7 heteroatoms. The van der Waals surface area contributed by atoms with Crippen molar-refractivity contribution in [3.63, 3.8) is 0 Å². The highest BCUT2D eigenvalue weighted by molar-refractivity contribution is 7.99. The first-order valence-corrected chi connectivity index (χ1v) is 12.1. The zero-order valence-corrected chi connectivity index (χ0v) is 18.7. The van der Waals surface area contributed by atoms with Gasteiger partial charge < -0.3 is 15.4 Å². The summed E-state index contributed by atoms with van der Waals surface area (Å²) in [6.07, 6.45) is 4.23. The molecule has 4 saturated heterocycles. The fourth-order valence-corrected chi connectivity index (χ4v) is 5.99. The summed E-state index contributed by atoms with van der Waals surface area (Å²) < 4.78 is 5.92. The Morgan fingerprint density at radius 2 is 2.03 bits per heavy atom. The van der Waals surface area contributed by atoms with Gasteiger partial charge in [-0.1, -0.05) is 17.8 Å². The minimum absolute atomic E-state index is 0.0264. The maximum Gasteiger partial charge on any atom is 0.251 e. The van der Waals surface area contributed by atoms with E-state index in [1.54, 1.807) is 11.8 Å². The average molecular weight is 439 g/mol. The SMILES string of the molecule is C[C@H]1[C@H](NC(=O)c2ccc(Sc3ncccc3C3CNCCO3)cc2)C2CCN1CC2. The monoisotopic (exact) mass is 438 g/mol. The number of hydrogen-bond acceptors (Lipinski definition) is 6. The van der Waals surface area contributed by atoms with Crippen molar-refractivity contribution in [2.75, 3.05) is 32.8 Å². The number of nitrogens with one attached hydrogen (secondary N) is 2. The molecule has 2 aromatic rings. The van der Waals surface area contributed by atoms with E-state index in [4.69, 9.17) is 4.74 Å². The normalized spacial score (nSPS) is 30.2. The summed E-state index contributed by atoms with van der Waals surface area (Å²) >= 11 is 1.62. The van der Waals surface area contributed by atoms with Gasteiger partial charge in [-0.25, -0.2) is 4.98 Å². The second-order valence-corrected chi connectivity index (χ2v) is 9.76. The van der Waals surface area contributed by atoms with E-state index in [0.29, 0.717) is 24.1 Å². The molecule has 1 aromatic heterocycles. The molecule has 2 N–H and O–H groups in total. The highest BCUT2D eigenvalue weighted by Crippen LogP contribution is 2.34. The first-order valence-electron chi connectivity index (χ1n) is 11.3. The second-order valence-electron chi connectivity index (χ2n) is 8.70. The largest absolute Gasteiger partial charge is 0.371 e. The molecule has 2 bridgehead atoms. The van der Waals surface area contributed by atoms with Crippen molar-refractivity contribution in [1.29, 1.82) is 0 Å². The van der Waals surface area contributed by atoms with Gasteiger partial charge in [0.15, 0.2) is 0 Å². The molecule has 4 aliphatic heterocycles. The van der Waals surface area contributed by atoms with E-state index in [1.807, 2.05) is 36.5 Å². The molecule has 1 amide bonds. The minimum atomic E-state index is 0.0264. The molecule has 4 fully saturated rings. The molecule has 0 radical (unpaired) electrons. The molecule has 4 aliphatic rings. The molecule has 0 aliphatic carbocycles. The van der Waals surface area contributed by atoms with E-state index in [9.17, 15) is 4.79 Å². The molecule has 6 nitrogen and oxygen atoms in total. The Balaban J connectivity index is 1.25. The molecule has 5 heterocycles. The molecule has 1 aromatic carbocycles. The van der Waals surface area contributed by atoms with E-state index in [0.717, 1.165) is 28.6 Å².